The van der Waals surface area contributed by atoms with Gasteiger partial charge in [0.05, 0.1) is 0 Å². The molecule has 0 heterocycles. The first-order chi connectivity index (χ1) is 6.24. The van der Waals surface area contributed by atoms with Gasteiger partial charge in [0.25, 0.3) is 0 Å². The van der Waals surface area contributed by atoms with Gasteiger partial charge in [-0.15, -0.1) is 0 Å². The van der Waals surface area contributed by atoms with Gasteiger partial charge in [0.2, 0.25) is 0 Å². The SMILES string of the molecule is Cc1cc(C=CCCBr)ccc1Br. The molecule has 1 aromatic rings. The first-order valence-electron chi connectivity index (χ1n) is 4.22. The highest BCUT2D eigenvalue weighted by molar-refractivity contribution is 9.10. The van der Waals surface area contributed by atoms with Crippen LogP contribution in [0.5, 0.6) is 0 Å². The molecular formula is C11H12Br2. The summed E-state index contributed by atoms with van der Waals surface area (Å²) in [5.74, 6) is 0. The van der Waals surface area contributed by atoms with Gasteiger partial charge in [-0.1, -0.05) is 56.1 Å². The van der Waals surface area contributed by atoms with Crippen molar-refractivity contribution in [2.75, 3.05) is 5.33 Å². The molecule has 70 valence electrons. The fraction of sp³-hybridized carbons (Fsp3) is 0.273. The monoisotopic (exact) mass is 302 g/mol. The maximum absolute atomic E-state index is 3.48. The van der Waals surface area contributed by atoms with Crippen molar-refractivity contribution in [3.05, 3.63) is 39.9 Å². The molecule has 0 saturated heterocycles. The van der Waals surface area contributed by atoms with E-state index < -0.39 is 0 Å². The van der Waals surface area contributed by atoms with E-state index in [9.17, 15) is 0 Å². The average molecular weight is 304 g/mol. The van der Waals surface area contributed by atoms with Gasteiger partial charge < -0.3 is 0 Å². The van der Waals surface area contributed by atoms with Crippen molar-refractivity contribution < 1.29 is 0 Å². The first-order valence-corrected chi connectivity index (χ1v) is 6.14. The Kier molecular flexibility index (Phi) is 4.74. The summed E-state index contributed by atoms with van der Waals surface area (Å²) >= 11 is 6.87. The van der Waals surface area contributed by atoms with Gasteiger partial charge in [-0.3, -0.25) is 0 Å². The van der Waals surface area contributed by atoms with E-state index in [0.717, 1.165) is 11.8 Å². The first kappa shape index (κ1) is 11.0. The zero-order chi connectivity index (χ0) is 9.68. The minimum atomic E-state index is 1.03. The Hall–Kier alpha value is -0.0800. The predicted octanol–water partition coefficient (Wildman–Crippen LogP) is 4.56. The Bertz CT molecular complexity index is 303. The van der Waals surface area contributed by atoms with E-state index in [1.165, 1.54) is 15.6 Å². The quantitative estimate of drug-likeness (QED) is 0.718. The molecule has 0 fully saturated rings. The van der Waals surface area contributed by atoms with Crippen molar-refractivity contribution in [3.63, 3.8) is 0 Å². The molecule has 0 unspecified atom stereocenters. The lowest BCUT2D eigenvalue weighted by Crippen LogP contribution is -1.77. The molecule has 1 aromatic carbocycles. The Labute approximate surface area is 96.3 Å². The summed E-state index contributed by atoms with van der Waals surface area (Å²) < 4.78 is 1.17. The van der Waals surface area contributed by atoms with Crippen LogP contribution in [0.4, 0.5) is 0 Å². The Balaban J connectivity index is 2.73. The molecule has 0 aliphatic rings. The molecule has 0 spiro atoms. The van der Waals surface area contributed by atoms with E-state index >= 15 is 0 Å². The lowest BCUT2D eigenvalue weighted by atomic mass is 10.1. The van der Waals surface area contributed by atoms with Crippen LogP contribution in [-0.2, 0) is 0 Å². The molecule has 13 heavy (non-hydrogen) atoms. The van der Waals surface area contributed by atoms with Gasteiger partial charge in [-0.05, 0) is 30.5 Å². The van der Waals surface area contributed by atoms with Crippen LogP contribution in [0, 0.1) is 6.92 Å². The molecule has 2 heteroatoms. The fourth-order valence-corrected chi connectivity index (χ4v) is 1.56. The van der Waals surface area contributed by atoms with Gasteiger partial charge in [0, 0.05) is 9.80 Å². The number of halogens is 2. The van der Waals surface area contributed by atoms with E-state index in [-0.39, 0.29) is 0 Å². The number of rotatable bonds is 3. The topological polar surface area (TPSA) is 0 Å². The number of hydrogen-bond donors (Lipinski definition) is 0. The lowest BCUT2D eigenvalue weighted by Gasteiger charge is -1.98. The van der Waals surface area contributed by atoms with E-state index in [1.807, 2.05) is 0 Å². The van der Waals surface area contributed by atoms with Crippen LogP contribution in [0.2, 0.25) is 0 Å². The van der Waals surface area contributed by atoms with Gasteiger partial charge in [0.15, 0.2) is 0 Å². The molecule has 0 aliphatic carbocycles. The molecule has 0 nitrogen and oxygen atoms in total. The third-order valence-corrected chi connectivity index (χ3v) is 3.12. The normalized spacial score (nSPS) is 11.0. The Morgan fingerprint density at radius 2 is 2.15 bits per heavy atom. The van der Waals surface area contributed by atoms with Crippen molar-refractivity contribution in [1.82, 2.24) is 0 Å². The molecule has 0 aromatic heterocycles. The second-order valence-electron chi connectivity index (χ2n) is 2.89. The fourth-order valence-electron chi connectivity index (χ4n) is 1.05. The maximum Gasteiger partial charge on any atom is 0.0204 e. The predicted molar refractivity (Wildman–Crippen MR) is 66.3 cm³/mol. The summed E-state index contributed by atoms with van der Waals surface area (Å²) in [7, 11) is 0. The number of benzene rings is 1. The van der Waals surface area contributed by atoms with Crippen molar-refractivity contribution >= 4 is 37.9 Å². The molecule has 1 rings (SSSR count). The van der Waals surface area contributed by atoms with Crippen molar-refractivity contribution in [2.24, 2.45) is 0 Å². The van der Waals surface area contributed by atoms with Crippen LogP contribution in [0.3, 0.4) is 0 Å². The third-order valence-electron chi connectivity index (χ3n) is 1.77. The van der Waals surface area contributed by atoms with Gasteiger partial charge in [-0.25, -0.2) is 0 Å². The zero-order valence-corrected chi connectivity index (χ0v) is 10.7. The van der Waals surface area contributed by atoms with Crippen LogP contribution in [0.1, 0.15) is 17.5 Å². The Morgan fingerprint density at radius 1 is 1.38 bits per heavy atom. The molecule has 0 radical (unpaired) electrons. The molecule has 0 atom stereocenters. The third kappa shape index (κ3) is 3.65. The number of aryl methyl sites for hydroxylation is 1. The molecule has 0 N–H and O–H groups in total. The molecule has 0 amide bonds. The van der Waals surface area contributed by atoms with E-state index in [1.54, 1.807) is 0 Å². The van der Waals surface area contributed by atoms with Crippen LogP contribution < -0.4 is 0 Å². The van der Waals surface area contributed by atoms with Crippen molar-refractivity contribution in [3.8, 4) is 0 Å². The summed E-state index contributed by atoms with van der Waals surface area (Å²) in [6.45, 7) is 2.10. The molecular weight excluding hydrogens is 292 g/mol. The molecule has 0 bridgehead atoms. The van der Waals surface area contributed by atoms with E-state index in [2.05, 4.69) is 69.1 Å². The number of allylic oxidation sites excluding steroid dienone is 1. The van der Waals surface area contributed by atoms with Crippen LogP contribution >= 0.6 is 31.9 Å². The van der Waals surface area contributed by atoms with Gasteiger partial charge >= 0.3 is 0 Å². The van der Waals surface area contributed by atoms with Crippen LogP contribution in [-0.4, -0.2) is 5.33 Å². The summed E-state index contributed by atoms with van der Waals surface area (Å²) in [5.41, 5.74) is 2.54. The molecule has 0 saturated carbocycles. The number of hydrogen-bond acceptors (Lipinski definition) is 0. The minimum absolute atomic E-state index is 1.03. The zero-order valence-electron chi connectivity index (χ0n) is 7.56. The van der Waals surface area contributed by atoms with Crippen LogP contribution in [0.25, 0.3) is 6.08 Å². The average Bonchev–Trinajstić information content (AvgIpc) is 2.12. The van der Waals surface area contributed by atoms with Gasteiger partial charge in [0.1, 0.15) is 0 Å². The van der Waals surface area contributed by atoms with Gasteiger partial charge in [-0.2, -0.15) is 0 Å². The lowest BCUT2D eigenvalue weighted by molar-refractivity contribution is 1.27. The summed E-state index contributed by atoms with van der Waals surface area (Å²) in [4.78, 5) is 0. The van der Waals surface area contributed by atoms with E-state index in [4.69, 9.17) is 0 Å². The highest BCUT2D eigenvalue weighted by Crippen LogP contribution is 2.17. The maximum atomic E-state index is 3.48. The minimum Gasteiger partial charge on any atom is -0.0925 e. The Morgan fingerprint density at radius 3 is 2.77 bits per heavy atom. The highest BCUT2D eigenvalue weighted by atomic mass is 79.9. The second-order valence-corrected chi connectivity index (χ2v) is 4.54. The standard InChI is InChI=1S/C11H12Br2/c1-9-8-10(4-2-3-7-12)5-6-11(9)13/h2,4-6,8H,3,7H2,1H3. The summed E-state index contributed by atoms with van der Waals surface area (Å²) in [6, 6.07) is 6.37. The smallest absolute Gasteiger partial charge is 0.0204 e. The largest absolute Gasteiger partial charge is 0.0925 e. The second kappa shape index (κ2) is 5.61. The molecule has 0 aliphatic heterocycles. The van der Waals surface area contributed by atoms with E-state index in [0.29, 0.717) is 0 Å². The summed E-state index contributed by atoms with van der Waals surface area (Å²) in [6.07, 6.45) is 5.41. The van der Waals surface area contributed by atoms with Crippen LogP contribution in [0.15, 0.2) is 28.7 Å². The summed E-state index contributed by atoms with van der Waals surface area (Å²) in [5, 5.41) is 1.03. The highest BCUT2D eigenvalue weighted by Gasteiger charge is 1.93. The van der Waals surface area contributed by atoms with Crippen molar-refractivity contribution in [2.45, 2.75) is 13.3 Å². The van der Waals surface area contributed by atoms with Crippen molar-refractivity contribution in [1.29, 1.82) is 0 Å². The number of alkyl halides is 1.